The van der Waals surface area contributed by atoms with Gasteiger partial charge in [-0.05, 0) is 12.8 Å². The fourth-order valence-corrected chi connectivity index (χ4v) is 3.58. The molecular weight excluding hydrogens is 228 g/mol. The standard InChI is InChI=1S/C8H13ClO4S/c1-13-8(10)6-4-2-3-5-7(6)14(9,11)12/h6-7H,2-5H2,1H3/t6-,7-/m0/s1. The van der Waals surface area contributed by atoms with Crippen molar-refractivity contribution in [1.82, 2.24) is 0 Å². The maximum absolute atomic E-state index is 11.3. The van der Waals surface area contributed by atoms with Crippen molar-refractivity contribution in [2.45, 2.75) is 30.9 Å². The minimum absolute atomic E-state index is 0.450. The lowest BCUT2D eigenvalue weighted by Gasteiger charge is -2.26. The molecule has 0 N–H and O–H groups in total. The van der Waals surface area contributed by atoms with Crippen LogP contribution in [0.4, 0.5) is 0 Å². The molecule has 0 spiro atoms. The molecule has 1 aliphatic carbocycles. The van der Waals surface area contributed by atoms with Crippen molar-refractivity contribution in [3.05, 3.63) is 0 Å². The molecule has 0 radical (unpaired) electrons. The van der Waals surface area contributed by atoms with Crippen LogP contribution in [-0.2, 0) is 18.6 Å². The highest BCUT2D eigenvalue weighted by molar-refractivity contribution is 8.14. The molecule has 6 heteroatoms. The summed E-state index contributed by atoms with van der Waals surface area (Å²) in [6.07, 6.45) is 2.64. The number of ether oxygens (including phenoxy) is 1. The average molecular weight is 241 g/mol. The highest BCUT2D eigenvalue weighted by Gasteiger charge is 2.39. The van der Waals surface area contributed by atoms with Gasteiger partial charge in [0.05, 0.1) is 18.3 Å². The molecule has 0 unspecified atom stereocenters. The minimum atomic E-state index is -3.66. The summed E-state index contributed by atoms with van der Waals surface area (Å²) in [5, 5.41) is -0.773. The van der Waals surface area contributed by atoms with E-state index >= 15 is 0 Å². The van der Waals surface area contributed by atoms with E-state index in [4.69, 9.17) is 10.7 Å². The van der Waals surface area contributed by atoms with Crippen molar-refractivity contribution in [1.29, 1.82) is 0 Å². The van der Waals surface area contributed by atoms with Gasteiger partial charge in [0.25, 0.3) is 0 Å². The molecule has 0 aromatic carbocycles. The van der Waals surface area contributed by atoms with Crippen LogP contribution in [0.3, 0.4) is 0 Å². The van der Waals surface area contributed by atoms with Crippen molar-refractivity contribution in [2.75, 3.05) is 7.11 Å². The summed E-state index contributed by atoms with van der Waals surface area (Å²) in [4.78, 5) is 11.3. The van der Waals surface area contributed by atoms with Crippen LogP contribution in [-0.4, -0.2) is 26.7 Å². The minimum Gasteiger partial charge on any atom is -0.469 e. The second-order valence-corrected chi connectivity index (χ2v) is 6.28. The Morgan fingerprint density at radius 2 is 1.93 bits per heavy atom. The lowest BCUT2D eigenvalue weighted by Crippen LogP contribution is -2.36. The first kappa shape index (κ1) is 11.8. The molecular formula is C8H13ClO4S. The van der Waals surface area contributed by atoms with E-state index in [0.29, 0.717) is 12.8 Å². The third-order valence-electron chi connectivity index (χ3n) is 2.57. The van der Waals surface area contributed by atoms with Gasteiger partial charge in [0, 0.05) is 10.7 Å². The molecule has 4 nitrogen and oxygen atoms in total. The van der Waals surface area contributed by atoms with Crippen molar-refractivity contribution >= 4 is 25.7 Å². The molecule has 1 fully saturated rings. The predicted molar refractivity (Wildman–Crippen MR) is 52.5 cm³/mol. The van der Waals surface area contributed by atoms with Gasteiger partial charge in [-0.2, -0.15) is 0 Å². The first-order valence-corrected chi connectivity index (χ1v) is 6.85. The third kappa shape index (κ3) is 2.60. The van der Waals surface area contributed by atoms with Gasteiger partial charge in [-0.15, -0.1) is 0 Å². The lowest BCUT2D eigenvalue weighted by molar-refractivity contribution is -0.146. The predicted octanol–water partition coefficient (Wildman–Crippen LogP) is 1.29. The van der Waals surface area contributed by atoms with Gasteiger partial charge in [-0.3, -0.25) is 4.79 Å². The summed E-state index contributed by atoms with van der Waals surface area (Å²) in [6.45, 7) is 0. The van der Waals surface area contributed by atoms with Crippen LogP contribution in [0.25, 0.3) is 0 Å². The Morgan fingerprint density at radius 1 is 1.36 bits per heavy atom. The Hall–Kier alpha value is -0.290. The molecule has 0 aromatic heterocycles. The Bertz CT molecular complexity index is 311. The molecule has 0 heterocycles. The number of halogens is 1. The zero-order chi connectivity index (χ0) is 10.8. The summed E-state index contributed by atoms with van der Waals surface area (Å²) in [5.41, 5.74) is 0. The summed E-state index contributed by atoms with van der Waals surface area (Å²) < 4.78 is 26.9. The molecule has 0 aromatic rings. The largest absolute Gasteiger partial charge is 0.469 e. The molecule has 14 heavy (non-hydrogen) atoms. The van der Waals surface area contributed by atoms with Crippen LogP contribution in [0.15, 0.2) is 0 Å². The first-order valence-electron chi connectivity index (χ1n) is 4.48. The van der Waals surface area contributed by atoms with E-state index in [9.17, 15) is 13.2 Å². The van der Waals surface area contributed by atoms with Crippen molar-refractivity contribution in [3.63, 3.8) is 0 Å². The Morgan fingerprint density at radius 3 is 2.43 bits per heavy atom. The monoisotopic (exact) mass is 240 g/mol. The van der Waals surface area contributed by atoms with E-state index in [0.717, 1.165) is 12.8 Å². The van der Waals surface area contributed by atoms with Gasteiger partial charge in [0.1, 0.15) is 0 Å². The van der Waals surface area contributed by atoms with Crippen LogP contribution in [0.5, 0.6) is 0 Å². The molecule has 0 saturated heterocycles. The zero-order valence-corrected chi connectivity index (χ0v) is 9.47. The van der Waals surface area contributed by atoms with Crippen LogP contribution in [0.2, 0.25) is 0 Å². The second kappa shape index (κ2) is 4.49. The second-order valence-electron chi connectivity index (χ2n) is 3.43. The zero-order valence-electron chi connectivity index (χ0n) is 7.90. The van der Waals surface area contributed by atoms with E-state index in [1.807, 2.05) is 0 Å². The number of rotatable bonds is 2. The van der Waals surface area contributed by atoms with Gasteiger partial charge in [-0.1, -0.05) is 12.8 Å². The molecule has 82 valence electrons. The summed E-state index contributed by atoms with van der Waals surface area (Å²) in [7, 11) is 2.87. The van der Waals surface area contributed by atoms with Gasteiger partial charge < -0.3 is 4.74 Å². The van der Waals surface area contributed by atoms with Gasteiger partial charge >= 0.3 is 5.97 Å². The summed E-state index contributed by atoms with van der Waals surface area (Å²) in [6, 6.07) is 0. The Kier molecular flexibility index (Phi) is 3.78. The van der Waals surface area contributed by atoms with Gasteiger partial charge in [-0.25, -0.2) is 8.42 Å². The molecule has 1 aliphatic rings. The maximum Gasteiger partial charge on any atom is 0.310 e. The van der Waals surface area contributed by atoms with Gasteiger partial charge in [0.2, 0.25) is 9.05 Å². The summed E-state index contributed by atoms with van der Waals surface area (Å²) in [5.74, 6) is -1.06. The first-order chi connectivity index (χ1) is 6.46. The highest BCUT2D eigenvalue weighted by Crippen LogP contribution is 2.32. The number of hydrogen-bond donors (Lipinski definition) is 0. The third-order valence-corrected chi connectivity index (χ3v) is 4.54. The van der Waals surface area contributed by atoms with Crippen molar-refractivity contribution in [2.24, 2.45) is 5.92 Å². The normalized spacial score (nSPS) is 28.4. The van der Waals surface area contributed by atoms with Crippen LogP contribution in [0.1, 0.15) is 25.7 Å². The number of carbonyl (C=O) groups excluding carboxylic acids is 1. The fourth-order valence-electron chi connectivity index (χ4n) is 1.85. The van der Waals surface area contributed by atoms with Crippen LogP contribution in [0, 0.1) is 5.92 Å². The lowest BCUT2D eigenvalue weighted by atomic mass is 9.89. The van der Waals surface area contributed by atoms with E-state index in [1.165, 1.54) is 7.11 Å². The van der Waals surface area contributed by atoms with Crippen molar-refractivity contribution < 1.29 is 17.9 Å². The fraction of sp³-hybridized carbons (Fsp3) is 0.875. The Balaban J connectivity index is 2.85. The highest BCUT2D eigenvalue weighted by atomic mass is 35.7. The topological polar surface area (TPSA) is 60.4 Å². The van der Waals surface area contributed by atoms with Crippen LogP contribution < -0.4 is 0 Å². The maximum atomic E-state index is 11.3. The number of methoxy groups -OCH3 is 1. The number of hydrogen-bond acceptors (Lipinski definition) is 4. The number of esters is 1. The quantitative estimate of drug-likeness (QED) is 0.539. The molecule has 0 aliphatic heterocycles. The molecule has 1 rings (SSSR count). The smallest absolute Gasteiger partial charge is 0.310 e. The molecule has 0 amide bonds. The average Bonchev–Trinajstić information content (AvgIpc) is 2.15. The molecule has 0 bridgehead atoms. The number of carbonyl (C=O) groups is 1. The van der Waals surface area contributed by atoms with E-state index in [-0.39, 0.29) is 0 Å². The van der Waals surface area contributed by atoms with Gasteiger partial charge in [0.15, 0.2) is 0 Å². The van der Waals surface area contributed by atoms with E-state index in [1.54, 1.807) is 0 Å². The van der Waals surface area contributed by atoms with Crippen molar-refractivity contribution in [3.8, 4) is 0 Å². The van der Waals surface area contributed by atoms with E-state index in [2.05, 4.69) is 4.74 Å². The van der Waals surface area contributed by atoms with E-state index < -0.39 is 26.2 Å². The SMILES string of the molecule is COC(=O)[C@H]1CCCC[C@@H]1S(=O)(=O)Cl. The molecule has 1 saturated carbocycles. The molecule has 2 atom stereocenters. The Labute approximate surface area is 88.0 Å². The summed E-state index contributed by atoms with van der Waals surface area (Å²) >= 11 is 0. The van der Waals surface area contributed by atoms with Crippen LogP contribution >= 0.6 is 10.7 Å².